The number of halogens is 2. The molecule has 0 atom stereocenters. The van der Waals surface area contributed by atoms with Gasteiger partial charge < -0.3 is 9.47 Å². The Bertz CT molecular complexity index is 973. The van der Waals surface area contributed by atoms with E-state index in [4.69, 9.17) is 32.7 Å². The summed E-state index contributed by atoms with van der Waals surface area (Å²) in [6.07, 6.45) is 2.56. The van der Waals surface area contributed by atoms with Crippen molar-refractivity contribution in [3.8, 4) is 11.5 Å². The van der Waals surface area contributed by atoms with Gasteiger partial charge in [0.05, 0.1) is 24.7 Å². The lowest BCUT2D eigenvalue weighted by Gasteiger charge is -2.14. The molecule has 3 rings (SSSR count). The quantitative estimate of drug-likeness (QED) is 0.421. The first kappa shape index (κ1) is 22.5. The zero-order valence-corrected chi connectivity index (χ0v) is 18.9. The molecule has 0 aromatic heterocycles. The monoisotopic (exact) mass is 465 g/mol. The molecule has 1 aliphatic rings. The maximum atomic E-state index is 12.8. The fourth-order valence-electron chi connectivity index (χ4n) is 2.84. The van der Waals surface area contributed by atoms with Crippen molar-refractivity contribution in [1.29, 1.82) is 0 Å². The Balaban J connectivity index is 1.83. The molecule has 158 valence electrons. The molecule has 0 bridgehead atoms. The van der Waals surface area contributed by atoms with E-state index < -0.39 is 0 Å². The van der Waals surface area contributed by atoms with Gasteiger partial charge in [-0.1, -0.05) is 42.3 Å². The van der Waals surface area contributed by atoms with Crippen molar-refractivity contribution in [2.75, 3.05) is 13.2 Å². The van der Waals surface area contributed by atoms with Crippen molar-refractivity contribution >= 4 is 52.2 Å². The third-order valence-electron chi connectivity index (χ3n) is 4.28. The second-order valence-corrected chi connectivity index (χ2v) is 8.26. The molecule has 0 aliphatic carbocycles. The van der Waals surface area contributed by atoms with Gasteiger partial charge in [0.2, 0.25) is 0 Å². The van der Waals surface area contributed by atoms with Crippen LogP contribution in [-0.4, -0.2) is 29.3 Å². The second-order valence-electron chi connectivity index (χ2n) is 6.46. The smallest absolute Gasteiger partial charge is 0.293 e. The number of benzene rings is 2. The fourth-order valence-corrected chi connectivity index (χ4v) is 4.20. The van der Waals surface area contributed by atoms with Crippen molar-refractivity contribution in [3.63, 3.8) is 0 Å². The van der Waals surface area contributed by atoms with Crippen molar-refractivity contribution < 1.29 is 19.1 Å². The lowest BCUT2D eigenvalue weighted by Crippen LogP contribution is -2.27. The minimum atomic E-state index is -0.384. The van der Waals surface area contributed by atoms with Gasteiger partial charge in [0.1, 0.15) is 0 Å². The molecule has 5 nitrogen and oxygen atoms in total. The molecule has 1 heterocycles. The van der Waals surface area contributed by atoms with E-state index in [9.17, 15) is 9.59 Å². The first-order chi connectivity index (χ1) is 14.4. The van der Waals surface area contributed by atoms with Gasteiger partial charge in [-0.15, -0.1) is 0 Å². The second kappa shape index (κ2) is 10.2. The molecule has 1 fully saturated rings. The molecule has 30 heavy (non-hydrogen) atoms. The third-order valence-corrected chi connectivity index (χ3v) is 5.89. The number of ether oxygens (including phenoxy) is 2. The fraction of sp³-hybridized carbons (Fsp3) is 0.273. The van der Waals surface area contributed by atoms with Gasteiger partial charge in [-0.2, -0.15) is 0 Å². The number of carbonyl (C=O) groups excluding carboxylic acids is 2. The summed E-state index contributed by atoms with van der Waals surface area (Å²) >= 11 is 13.3. The molecule has 2 amide bonds. The average molecular weight is 466 g/mol. The van der Waals surface area contributed by atoms with Crippen LogP contribution in [0.4, 0.5) is 4.79 Å². The summed E-state index contributed by atoms with van der Waals surface area (Å²) in [5, 5.41) is 0.458. The van der Waals surface area contributed by atoms with E-state index in [0.717, 1.165) is 28.6 Å². The van der Waals surface area contributed by atoms with Crippen molar-refractivity contribution in [3.05, 3.63) is 62.5 Å². The normalized spacial score (nSPS) is 15.2. The number of hydrogen-bond acceptors (Lipinski definition) is 5. The summed E-state index contributed by atoms with van der Waals surface area (Å²) in [4.78, 5) is 26.8. The van der Waals surface area contributed by atoms with E-state index in [1.807, 2.05) is 19.9 Å². The molecular weight excluding hydrogens is 445 g/mol. The zero-order valence-electron chi connectivity index (χ0n) is 16.6. The Hall–Kier alpha value is -2.15. The lowest BCUT2D eigenvalue weighted by molar-refractivity contribution is -0.123. The van der Waals surface area contributed by atoms with E-state index in [2.05, 4.69) is 0 Å². The Kier molecular flexibility index (Phi) is 7.69. The van der Waals surface area contributed by atoms with Crippen LogP contribution in [0.1, 0.15) is 31.4 Å². The molecule has 0 spiro atoms. The van der Waals surface area contributed by atoms with E-state index in [-0.39, 0.29) is 17.7 Å². The molecule has 0 N–H and O–H groups in total. The molecule has 0 radical (unpaired) electrons. The largest absolute Gasteiger partial charge is 0.490 e. The van der Waals surface area contributed by atoms with Crippen LogP contribution in [0.5, 0.6) is 11.5 Å². The van der Waals surface area contributed by atoms with Crippen LogP contribution in [-0.2, 0) is 11.3 Å². The zero-order chi connectivity index (χ0) is 21.7. The third kappa shape index (κ3) is 5.12. The highest BCUT2D eigenvalue weighted by Crippen LogP contribution is 2.37. The molecule has 2 aromatic carbocycles. The van der Waals surface area contributed by atoms with Gasteiger partial charge in [-0.3, -0.25) is 14.5 Å². The summed E-state index contributed by atoms with van der Waals surface area (Å²) in [5.74, 6) is 0.865. The van der Waals surface area contributed by atoms with Crippen molar-refractivity contribution in [2.24, 2.45) is 0 Å². The Morgan fingerprint density at radius 2 is 1.77 bits per heavy atom. The molecular formula is C22H21Cl2NO4S. The number of hydrogen-bond donors (Lipinski definition) is 0. The number of rotatable bonds is 8. The van der Waals surface area contributed by atoms with E-state index in [1.165, 1.54) is 0 Å². The van der Waals surface area contributed by atoms with Crippen molar-refractivity contribution in [1.82, 2.24) is 4.90 Å². The number of nitrogens with zero attached hydrogens (tertiary/aromatic N) is 1. The molecule has 0 unspecified atom stereocenters. The Morgan fingerprint density at radius 3 is 2.43 bits per heavy atom. The summed E-state index contributed by atoms with van der Waals surface area (Å²) in [5.41, 5.74) is 1.28. The van der Waals surface area contributed by atoms with E-state index >= 15 is 0 Å². The maximum absolute atomic E-state index is 12.8. The Morgan fingerprint density at radius 1 is 1.03 bits per heavy atom. The number of thioether (sulfide) groups is 1. The van der Waals surface area contributed by atoms with Gasteiger partial charge in [-0.05, 0) is 61.0 Å². The number of imide groups is 1. The summed E-state index contributed by atoms with van der Waals surface area (Å²) < 4.78 is 11.4. The average Bonchev–Trinajstić information content (AvgIpc) is 2.97. The van der Waals surface area contributed by atoms with Crippen LogP contribution < -0.4 is 9.47 Å². The van der Waals surface area contributed by atoms with Crippen LogP contribution in [0.15, 0.2) is 41.3 Å². The van der Waals surface area contributed by atoms with Crippen LogP contribution >= 0.6 is 35.0 Å². The first-order valence-electron chi connectivity index (χ1n) is 9.52. The van der Waals surface area contributed by atoms with Gasteiger partial charge in [-0.25, -0.2) is 0 Å². The molecule has 1 saturated heterocycles. The SMILES string of the molecule is CCCOc1ccc(/C=C2\SC(=O)N(Cc3c(Cl)cccc3Cl)C2=O)cc1OCC. The molecule has 1 aliphatic heterocycles. The van der Waals surface area contributed by atoms with Crippen LogP contribution in [0, 0.1) is 0 Å². The predicted octanol–water partition coefficient (Wildman–Crippen LogP) is 6.42. The van der Waals surface area contributed by atoms with E-state index in [0.29, 0.717) is 45.2 Å². The predicted molar refractivity (Wildman–Crippen MR) is 121 cm³/mol. The summed E-state index contributed by atoms with van der Waals surface area (Å²) in [7, 11) is 0. The molecule has 0 saturated carbocycles. The van der Waals surface area contributed by atoms with Gasteiger partial charge in [0.25, 0.3) is 11.1 Å². The van der Waals surface area contributed by atoms with E-state index in [1.54, 1.807) is 36.4 Å². The highest BCUT2D eigenvalue weighted by molar-refractivity contribution is 8.18. The summed E-state index contributed by atoms with van der Waals surface area (Å²) in [6, 6.07) is 10.5. The van der Waals surface area contributed by atoms with Crippen molar-refractivity contribution in [2.45, 2.75) is 26.8 Å². The highest BCUT2D eigenvalue weighted by Gasteiger charge is 2.35. The van der Waals surface area contributed by atoms with Gasteiger partial charge in [0.15, 0.2) is 11.5 Å². The summed E-state index contributed by atoms with van der Waals surface area (Å²) in [6.45, 7) is 5.01. The van der Waals surface area contributed by atoms with Crippen LogP contribution in [0.25, 0.3) is 6.08 Å². The maximum Gasteiger partial charge on any atom is 0.293 e. The minimum absolute atomic E-state index is 0.0223. The minimum Gasteiger partial charge on any atom is -0.490 e. The highest BCUT2D eigenvalue weighted by atomic mass is 35.5. The first-order valence-corrected chi connectivity index (χ1v) is 11.1. The van der Waals surface area contributed by atoms with Crippen LogP contribution in [0.3, 0.4) is 0 Å². The van der Waals surface area contributed by atoms with Gasteiger partial charge in [0, 0.05) is 15.6 Å². The topological polar surface area (TPSA) is 55.8 Å². The standard InChI is InChI=1S/C22H21Cl2NO4S/c1-3-10-29-18-9-8-14(11-19(18)28-4-2)12-20-21(26)25(22(27)30-20)13-15-16(23)6-5-7-17(15)24/h5-9,11-12H,3-4,10,13H2,1-2H3/b20-12-. The lowest BCUT2D eigenvalue weighted by atomic mass is 10.1. The number of amides is 2. The molecule has 8 heteroatoms. The number of carbonyl (C=O) groups is 2. The Labute approximate surface area is 189 Å². The van der Waals surface area contributed by atoms with Crippen LogP contribution in [0.2, 0.25) is 10.0 Å². The molecule has 2 aromatic rings. The van der Waals surface area contributed by atoms with Gasteiger partial charge >= 0.3 is 0 Å².